The second kappa shape index (κ2) is 19.9. The van der Waals surface area contributed by atoms with Crippen LogP contribution in [-0.4, -0.2) is 73.3 Å². The van der Waals surface area contributed by atoms with Gasteiger partial charge in [-0.2, -0.15) is 0 Å². The standard InChI is InChI=1S/C35H45BrN3O6PS2/c1-3-44-33(41)25-38-34(42)31(39-32(40)22-21-30(37)35(43)45-4-2)26-48-47-24-14-23-46(36,27-15-8-5-9-16-27,28-17-10-6-11-18-28)29-19-12-7-13-20-29/h5-13,15-20,30-31H,3-4,14,21-26,37H2,1-2H3,(H,38,42)(H,39,40). The summed E-state index contributed by atoms with van der Waals surface area (Å²) < 4.78 is 9.82. The molecule has 0 bridgehead atoms. The SMILES string of the molecule is CCOC(=O)CNC(=O)C(CSSCCCP(Br)(c1ccccc1)(c1ccccc1)c1ccccc1)NC(=O)CCC(N)C(=O)OCC. The molecule has 0 heterocycles. The van der Waals surface area contributed by atoms with Crippen molar-refractivity contribution in [1.29, 1.82) is 0 Å². The number of amides is 2. The van der Waals surface area contributed by atoms with Gasteiger partial charge in [-0.15, -0.1) is 0 Å². The second-order valence-electron chi connectivity index (χ2n) is 10.9. The molecule has 48 heavy (non-hydrogen) atoms. The summed E-state index contributed by atoms with van der Waals surface area (Å²) in [6.45, 7) is 3.45. The molecule has 2 unspecified atom stereocenters. The average molecular weight is 779 g/mol. The molecule has 0 aliphatic rings. The van der Waals surface area contributed by atoms with Crippen molar-refractivity contribution in [3.63, 3.8) is 0 Å². The summed E-state index contributed by atoms with van der Waals surface area (Å²) in [5.74, 6) is -1.01. The normalized spacial score (nSPS) is 13.3. The Bertz CT molecular complexity index is 1370. The van der Waals surface area contributed by atoms with Gasteiger partial charge in [-0.05, 0) is 13.8 Å². The molecular weight excluding hydrogens is 733 g/mol. The van der Waals surface area contributed by atoms with Gasteiger partial charge in [0, 0.05) is 0 Å². The Morgan fingerprint density at radius 1 is 0.812 bits per heavy atom. The van der Waals surface area contributed by atoms with Crippen LogP contribution in [0.25, 0.3) is 0 Å². The molecule has 260 valence electrons. The molecular formula is C35H45BrN3O6PS2. The van der Waals surface area contributed by atoms with E-state index < -0.39 is 41.1 Å². The van der Waals surface area contributed by atoms with Crippen molar-refractivity contribution in [2.45, 2.75) is 45.2 Å². The van der Waals surface area contributed by atoms with Gasteiger partial charge in [0.05, 0.1) is 13.2 Å². The van der Waals surface area contributed by atoms with E-state index in [0.29, 0.717) is 0 Å². The van der Waals surface area contributed by atoms with E-state index in [0.717, 1.165) is 18.3 Å². The number of halogens is 1. The third kappa shape index (κ3) is 10.8. The van der Waals surface area contributed by atoms with Gasteiger partial charge in [0.25, 0.3) is 0 Å². The van der Waals surface area contributed by atoms with E-state index in [1.54, 1.807) is 24.6 Å². The number of carbonyl (C=O) groups is 4. The molecule has 2 amide bonds. The molecule has 0 aromatic heterocycles. The maximum absolute atomic E-state index is 13.0. The summed E-state index contributed by atoms with van der Waals surface area (Å²) in [4.78, 5) is 49.5. The number of benzene rings is 3. The summed E-state index contributed by atoms with van der Waals surface area (Å²) in [6.07, 6.45) is 1.76. The van der Waals surface area contributed by atoms with Crippen LogP contribution in [0.3, 0.4) is 0 Å². The number of rotatable bonds is 20. The summed E-state index contributed by atoms with van der Waals surface area (Å²) in [7, 11) is 3.10. The van der Waals surface area contributed by atoms with E-state index >= 15 is 0 Å². The molecule has 0 saturated heterocycles. The second-order valence-corrected chi connectivity index (χ2v) is 22.6. The van der Waals surface area contributed by atoms with Crippen LogP contribution in [0.15, 0.2) is 91.0 Å². The van der Waals surface area contributed by atoms with Crippen LogP contribution >= 0.6 is 42.4 Å². The van der Waals surface area contributed by atoms with Gasteiger partial charge < -0.3 is 10.5 Å². The fourth-order valence-corrected chi connectivity index (χ4v) is 15.4. The Labute approximate surface area is 299 Å². The molecule has 3 rings (SSSR count). The Morgan fingerprint density at radius 3 is 1.83 bits per heavy atom. The fourth-order valence-electron chi connectivity index (χ4n) is 5.24. The van der Waals surface area contributed by atoms with Crippen molar-refractivity contribution >= 4 is 82.0 Å². The number of esters is 2. The van der Waals surface area contributed by atoms with Crippen LogP contribution in [0.2, 0.25) is 0 Å². The number of nitrogens with one attached hydrogen (secondary N) is 2. The Balaban J connectivity index is 1.69. The van der Waals surface area contributed by atoms with E-state index in [1.165, 1.54) is 26.7 Å². The van der Waals surface area contributed by atoms with Crippen molar-refractivity contribution in [3.05, 3.63) is 91.0 Å². The zero-order chi connectivity index (χ0) is 34.9. The number of hydrogen-bond donors (Lipinski definition) is 3. The Kier molecular flexibility index (Phi) is 16.4. The van der Waals surface area contributed by atoms with Crippen molar-refractivity contribution in [2.75, 3.05) is 37.4 Å². The van der Waals surface area contributed by atoms with E-state index in [1.807, 2.05) is 18.2 Å². The maximum atomic E-state index is 13.0. The summed E-state index contributed by atoms with van der Waals surface area (Å²) in [6, 6.07) is 30.0. The first-order valence-electron chi connectivity index (χ1n) is 15.9. The average Bonchev–Trinajstić information content (AvgIpc) is 3.11. The van der Waals surface area contributed by atoms with Gasteiger partial charge in [-0.1, -0.05) is 0 Å². The molecule has 2 atom stereocenters. The fraction of sp³-hybridized carbons (Fsp3) is 0.371. The first kappa shape index (κ1) is 39.5. The van der Waals surface area contributed by atoms with Crippen molar-refractivity contribution in [2.24, 2.45) is 5.73 Å². The monoisotopic (exact) mass is 777 g/mol. The smallest absolute Gasteiger partial charge is 0.465 e. The molecule has 0 saturated carbocycles. The van der Waals surface area contributed by atoms with E-state index in [2.05, 4.69) is 98.9 Å². The minimum atomic E-state index is -3.04. The van der Waals surface area contributed by atoms with Crippen LogP contribution in [-0.2, 0) is 28.7 Å². The van der Waals surface area contributed by atoms with Crippen LogP contribution in [0.1, 0.15) is 33.1 Å². The van der Waals surface area contributed by atoms with E-state index in [4.69, 9.17) is 15.2 Å². The van der Waals surface area contributed by atoms with Gasteiger partial charge in [-0.3, -0.25) is 4.79 Å². The first-order valence-corrected chi connectivity index (χ1v) is 22.9. The number of carbonyl (C=O) groups excluding carboxylic acids is 4. The molecule has 13 heteroatoms. The molecule has 4 N–H and O–H groups in total. The topological polar surface area (TPSA) is 137 Å². The summed E-state index contributed by atoms with van der Waals surface area (Å²) >= 11 is 4.48. The van der Waals surface area contributed by atoms with Crippen LogP contribution in [0.5, 0.6) is 0 Å². The molecule has 0 aliphatic heterocycles. The molecule has 3 aromatic carbocycles. The van der Waals surface area contributed by atoms with Crippen molar-refractivity contribution < 1.29 is 28.7 Å². The Morgan fingerprint density at radius 2 is 1.33 bits per heavy atom. The third-order valence-corrected chi connectivity index (χ3v) is 20.2. The third-order valence-electron chi connectivity index (χ3n) is 7.64. The van der Waals surface area contributed by atoms with Gasteiger partial charge in [0.1, 0.15) is 0 Å². The van der Waals surface area contributed by atoms with Crippen LogP contribution in [0.4, 0.5) is 0 Å². The molecule has 9 nitrogen and oxygen atoms in total. The number of nitrogens with two attached hydrogens (primary N) is 1. The van der Waals surface area contributed by atoms with Crippen molar-refractivity contribution in [1.82, 2.24) is 10.6 Å². The minimum Gasteiger partial charge on any atom is -0.465 e. The predicted molar refractivity (Wildman–Crippen MR) is 204 cm³/mol. The number of ether oxygens (including phenoxy) is 2. The molecule has 0 fully saturated rings. The quantitative estimate of drug-likeness (QED) is 0.0659. The Hall–Kier alpha value is -2.89. The molecule has 0 spiro atoms. The van der Waals surface area contributed by atoms with Gasteiger partial charge in [-0.25, -0.2) is 0 Å². The first-order chi connectivity index (χ1) is 23.1. The van der Waals surface area contributed by atoms with E-state index in [9.17, 15) is 19.2 Å². The van der Waals surface area contributed by atoms with Crippen LogP contribution in [0, 0.1) is 0 Å². The zero-order valence-electron chi connectivity index (χ0n) is 27.3. The predicted octanol–water partition coefficient (Wildman–Crippen LogP) is 4.43. The molecule has 3 aromatic rings. The summed E-state index contributed by atoms with van der Waals surface area (Å²) in [5.41, 5.74) is 5.84. The van der Waals surface area contributed by atoms with E-state index in [-0.39, 0.29) is 38.4 Å². The molecule has 0 radical (unpaired) electrons. The molecule has 0 aliphatic carbocycles. The zero-order valence-corrected chi connectivity index (χ0v) is 31.5. The van der Waals surface area contributed by atoms with Crippen molar-refractivity contribution in [3.8, 4) is 0 Å². The number of hydrogen-bond acceptors (Lipinski definition) is 9. The van der Waals surface area contributed by atoms with Gasteiger partial charge >= 0.3 is 258 Å². The van der Waals surface area contributed by atoms with Crippen LogP contribution < -0.4 is 32.3 Å². The summed E-state index contributed by atoms with van der Waals surface area (Å²) in [5, 5.41) is 6.01. The minimum absolute atomic E-state index is 0.0592. The van der Waals surface area contributed by atoms with Gasteiger partial charge in [0.2, 0.25) is 0 Å². The van der Waals surface area contributed by atoms with Gasteiger partial charge in [0.15, 0.2) is 0 Å².